The van der Waals surface area contributed by atoms with Crippen molar-refractivity contribution >= 4 is 15.9 Å². The summed E-state index contributed by atoms with van der Waals surface area (Å²) in [5.74, 6) is 9.70. The summed E-state index contributed by atoms with van der Waals surface area (Å²) < 4.78 is 0. The predicted octanol–water partition coefficient (Wildman–Crippen LogP) is 5.72. The van der Waals surface area contributed by atoms with Gasteiger partial charge < -0.3 is 0 Å². The first kappa shape index (κ1) is 19.9. The maximum Gasteiger partial charge on any atom is 0.516 e. The van der Waals surface area contributed by atoms with Crippen molar-refractivity contribution in [1.82, 2.24) is 0 Å². The molecule has 130 valence electrons. The Balaban J connectivity index is 0.000000209. The minimum absolute atomic E-state index is 0.227. The Morgan fingerprint density at radius 2 is 1.92 bits per heavy atom. The number of hydrogen-bond donors (Lipinski definition) is 0. The fourth-order valence-corrected chi connectivity index (χ4v) is 3.71. The zero-order valence-electron chi connectivity index (χ0n) is 14.7. The van der Waals surface area contributed by atoms with Crippen LogP contribution in [0.15, 0.2) is 42.0 Å². The van der Waals surface area contributed by atoms with Crippen molar-refractivity contribution in [3.8, 4) is 24.2 Å². The Bertz CT molecular complexity index is 807. The smallest absolute Gasteiger partial charge is 0.225 e. The normalized spacial score (nSPS) is 20.0. The third-order valence-electron chi connectivity index (χ3n) is 4.83. The van der Waals surface area contributed by atoms with Gasteiger partial charge in [0, 0.05) is 5.56 Å². The largest absolute Gasteiger partial charge is 0.516 e. The van der Waals surface area contributed by atoms with E-state index in [0.717, 1.165) is 22.9 Å². The summed E-state index contributed by atoms with van der Waals surface area (Å²) in [6.07, 6.45) is 12.3. The zero-order valence-corrected chi connectivity index (χ0v) is 16.3. The molecule has 1 saturated carbocycles. The minimum Gasteiger partial charge on any atom is -0.225 e. The zero-order chi connectivity index (χ0) is 18.8. The molecule has 0 heterocycles. The average molecular weight is 405 g/mol. The van der Waals surface area contributed by atoms with E-state index in [1.165, 1.54) is 19.3 Å². The van der Waals surface area contributed by atoms with Gasteiger partial charge in [-0.05, 0) is 49.7 Å². The van der Waals surface area contributed by atoms with Gasteiger partial charge in [-0.15, -0.1) is 6.42 Å². The van der Waals surface area contributed by atoms with Crippen molar-refractivity contribution in [3.63, 3.8) is 0 Å². The number of benzene rings is 1. The van der Waals surface area contributed by atoms with E-state index in [1.807, 2.05) is 30.3 Å². The van der Waals surface area contributed by atoms with Crippen LogP contribution in [-0.2, 0) is 0 Å². The number of hydrogen-bond acceptors (Lipinski definition) is 0. The number of nitrogens with zero attached hydrogens (tertiary/aromatic N) is 2. The molecule has 3 heteroatoms. The first-order valence-corrected chi connectivity index (χ1v) is 9.81. The molecular formula is C23H21BrN2. The van der Waals surface area contributed by atoms with Crippen LogP contribution >= 0.6 is 15.9 Å². The molecule has 0 N–H and O–H groups in total. The summed E-state index contributed by atoms with van der Waals surface area (Å²) in [4.78, 5) is 7.07. The van der Waals surface area contributed by atoms with Crippen molar-refractivity contribution in [1.29, 1.82) is 0 Å². The number of alkyl halides is 1. The molecule has 2 bridgehead atoms. The van der Waals surface area contributed by atoms with Gasteiger partial charge in [0.05, 0.1) is 5.33 Å². The van der Waals surface area contributed by atoms with E-state index < -0.39 is 5.66 Å². The van der Waals surface area contributed by atoms with E-state index in [9.17, 15) is 0 Å². The maximum absolute atomic E-state index is 7.27. The lowest BCUT2D eigenvalue weighted by Gasteiger charge is -2.20. The Morgan fingerprint density at radius 1 is 1.19 bits per heavy atom. The number of allylic oxidation sites excluding steroid dienone is 1. The van der Waals surface area contributed by atoms with Crippen LogP contribution in [0.4, 0.5) is 0 Å². The van der Waals surface area contributed by atoms with Crippen LogP contribution in [0.1, 0.15) is 37.7 Å². The third kappa shape index (κ3) is 5.02. The molecule has 0 aliphatic heterocycles. The Labute approximate surface area is 165 Å². The van der Waals surface area contributed by atoms with E-state index in [4.69, 9.17) is 19.6 Å². The van der Waals surface area contributed by atoms with Crippen LogP contribution in [0.5, 0.6) is 0 Å². The molecule has 1 aromatic carbocycles. The molecule has 0 radical (unpaired) electrons. The highest BCUT2D eigenvalue weighted by Gasteiger charge is 2.50. The number of rotatable bonds is 2. The topological polar surface area (TPSA) is 8.72 Å². The molecule has 0 aromatic heterocycles. The summed E-state index contributed by atoms with van der Waals surface area (Å²) in [6.45, 7) is 14.5. The molecule has 0 spiro atoms. The predicted molar refractivity (Wildman–Crippen MR) is 110 cm³/mol. The van der Waals surface area contributed by atoms with Crippen molar-refractivity contribution in [2.45, 2.75) is 37.8 Å². The lowest BCUT2D eigenvalue weighted by Crippen LogP contribution is -2.26. The summed E-state index contributed by atoms with van der Waals surface area (Å²) in [5, 5.41) is 0.738. The number of terminal acetylenes is 1. The molecule has 1 aromatic rings. The van der Waals surface area contributed by atoms with Gasteiger partial charge in [-0.2, -0.15) is 0 Å². The maximum atomic E-state index is 7.27. The quantitative estimate of drug-likeness (QED) is 0.257. The lowest BCUT2D eigenvalue weighted by molar-refractivity contribution is 0.472. The Kier molecular flexibility index (Phi) is 7.54. The van der Waals surface area contributed by atoms with Crippen molar-refractivity contribution < 1.29 is 0 Å². The highest BCUT2D eigenvalue weighted by atomic mass is 79.9. The van der Waals surface area contributed by atoms with E-state index in [1.54, 1.807) is 0 Å². The summed E-state index contributed by atoms with van der Waals surface area (Å²) >= 11 is 3.23. The second-order valence-corrected chi connectivity index (χ2v) is 7.12. The highest BCUT2D eigenvalue weighted by molar-refractivity contribution is 9.09. The molecule has 3 rings (SSSR count). The lowest BCUT2D eigenvalue weighted by atomic mass is 9.82. The molecule has 2 atom stereocenters. The Morgan fingerprint density at radius 3 is 2.50 bits per heavy atom. The van der Waals surface area contributed by atoms with Crippen molar-refractivity contribution in [2.75, 3.05) is 5.33 Å². The highest BCUT2D eigenvalue weighted by Crippen LogP contribution is 2.45. The van der Waals surface area contributed by atoms with E-state index in [0.29, 0.717) is 11.8 Å². The van der Waals surface area contributed by atoms with Gasteiger partial charge in [-0.25, -0.2) is 22.8 Å². The SMILES string of the molecule is BrCC#Cc1ccccc1.[C-]#[N+]C(CC#C)([N+]#[C-])C1=CC2CCC(C1)C2. The average Bonchev–Trinajstić information content (AvgIpc) is 3.03. The minimum atomic E-state index is -1.09. The second kappa shape index (κ2) is 9.88. The summed E-state index contributed by atoms with van der Waals surface area (Å²) in [7, 11) is 0. The molecule has 2 nitrogen and oxygen atoms in total. The standard InChI is InChI=1S/C14H14N2.C9H7Br/c1-4-7-14(15-2,16-3)13-9-11-5-6-12(8-11)10-13;10-8-4-7-9-5-2-1-3-6-9/h1,9,11-12H,5-8,10H2;1-3,5-6H,8H2. The molecule has 2 aliphatic carbocycles. The van der Waals surface area contributed by atoms with Gasteiger partial charge in [-0.1, -0.05) is 58.0 Å². The van der Waals surface area contributed by atoms with E-state index >= 15 is 0 Å². The van der Waals surface area contributed by atoms with Crippen LogP contribution in [-0.4, -0.2) is 11.0 Å². The molecule has 26 heavy (non-hydrogen) atoms. The van der Waals surface area contributed by atoms with Gasteiger partial charge in [-0.3, -0.25) is 0 Å². The molecule has 0 amide bonds. The fraction of sp³-hybridized carbons (Fsp3) is 0.391. The van der Waals surface area contributed by atoms with Crippen LogP contribution < -0.4 is 0 Å². The molecule has 1 fully saturated rings. The van der Waals surface area contributed by atoms with Crippen LogP contribution in [0.25, 0.3) is 9.69 Å². The summed E-state index contributed by atoms with van der Waals surface area (Å²) in [5.41, 5.74) is 0.979. The first-order chi connectivity index (χ1) is 12.7. The van der Waals surface area contributed by atoms with Crippen molar-refractivity contribution in [2.24, 2.45) is 11.8 Å². The summed E-state index contributed by atoms with van der Waals surface area (Å²) in [6, 6.07) is 9.95. The molecule has 2 aliphatic rings. The van der Waals surface area contributed by atoms with Crippen molar-refractivity contribution in [3.05, 3.63) is 70.4 Å². The molecule has 2 unspecified atom stereocenters. The second-order valence-electron chi connectivity index (χ2n) is 6.56. The number of halogens is 1. The van der Waals surface area contributed by atoms with Crippen LogP contribution in [0, 0.1) is 49.2 Å². The number of fused-ring (bicyclic) bond motifs is 2. The van der Waals surface area contributed by atoms with Gasteiger partial charge in [0.1, 0.15) is 5.57 Å². The molecular weight excluding hydrogens is 384 g/mol. The van der Waals surface area contributed by atoms with Gasteiger partial charge >= 0.3 is 5.66 Å². The first-order valence-electron chi connectivity index (χ1n) is 8.69. The van der Waals surface area contributed by atoms with E-state index in [-0.39, 0.29) is 6.42 Å². The monoisotopic (exact) mass is 404 g/mol. The van der Waals surface area contributed by atoms with Gasteiger partial charge in [0.15, 0.2) is 6.42 Å². The molecule has 0 saturated heterocycles. The Hall–Kier alpha value is -2.46. The van der Waals surface area contributed by atoms with Crippen LogP contribution in [0.2, 0.25) is 0 Å². The van der Waals surface area contributed by atoms with Gasteiger partial charge in [0.2, 0.25) is 0 Å². The third-order valence-corrected chi connectivity index (χ3v) is 5.11. The fourth-order valence-electron chi connectivity index (χ4n) is 3.57. The van der Waals surface area contributed by atoms with Gasteiger partial charge in [0.25, 0.3) is 0 Å². The van der Waals surface area contributed by atoms with Crippen LogP contribution in [0.3, 0.4) is 0 Å². The van der Waals surface area contributed by atoms with E-state index in [2.05, 4.69) is 49.5 Å².